The second-order valence-electron chi connectivity index (χ2n) is 6.56. The van der Waals surface area contributed by atoms with Crippen LogP contribution in [0.5, 0.6) is 0 Å². The Balaban J connectivity index is 1.96. The number of halogens is 1. The molecule has 0 atom stereocenters. The average molecular weight is 350 g/mol. The second kappa shape index (κ2) is 6.39. The number of hydrogen-bond donors (Lipinski definition) is 1. The Morgan fingerprint density at radius 3 is 2.76 bits per heavy atom. The van der Waals surface area contributed by atoms with Gasteiger partial charge in [-0.1, -0.05) is 33.1 Å². The van der Waals surface area contributed by atoms with Crippen molar-refractivity contribution in [1.82, 2.24) is 9.38 Å². The zero-order valence-corrected chi connectivity index (χ0v) is 14.5. The van der Waals surface area contributed by atoms with Gasteiger partial charge in [0.1, 0.15) is 11.5 Å². The molecule has 4 heteroatoms. The van der Waals surface area contributed by atoms with Crippen LogP contribution >= 0.6 is 15.9 Å². The van der Waals surface area contributed by atoms with Gasteiger partial charge < -0.3 is 5.32 Å². The molecular weight excluding hydrogens is 326 g/mol. The molecule has 21 heavy (non-hydrogen) atoms. The molecule has 1 aliphatic rings. The molecular formula is C17H24BrN3. The lowest BCUT2D eigenvalue weighted by molar-refractivity contribution is 0.461. The fraction of sp³-hybridized carbons (Fsp3) is 0.588. The molecule has 1 aliphatic carbocycles. The average Bonchev–Trinajstić information content (AvgIpc) is 2.77. The lowest BCUT2D eigenvalue weighted by atomic mass is 9.95. The highest BCUT2D eigenvalue weighted by atomic mass is 79.9. The maximum Gasteiger partial charge on any atom is 0.138 e. The standard InChI is InChI=1S/C17H24BrN3/c1-12(2)10-15-17(19-14-6-4-3-5-7-14)21-11-13(18)8-9-16(21)20-15/h8-9,11-12,14,19H,3-7,10H2,1-2H3. The molecule has 3 nitrogen and oxygen atoms in total. The first-order valence-corrected chi connectivity index (χ1v) is 8.86. The minimum atomic E-state index is 0.601. The van der Waals surface area contributed by atoms with Crippen LogP contribution in [0, 0.1) is 5.92 Å². The summed E-state index contributed by atoms with van der Waals surface area (Å²) < 4.78 is 3.30. The molecule has 2 aromatic rings. The number of aromatic nitrogens is 2. The maximum absolute atomic E-state index is 4.84. The van der Waals surface area contributed by atoms with Crippen molar-refractivity contribution in [1.29, 1.82) is 0 Å². The van der Waals surface area contributed by atoms with Gasteiger partial charge in [0.15, 0.2) is 0 Å². The Hall–Kier alpha value is -1.03. The summed E-state index contributed by atoms with van der Waals surface area (Å²) in [6.07, 6.45) is 9.78. The van der Waals surface area contributed by atoms with Gasteiger partial charge >= 0.3 is 0 Å². The Morgan fingerprint density at radius 2 is 2.05 bits per heavy atom. The van der Waals surface area contributed by atoms with E-state index in [1.54, 1.807) is 0 Å². The van der Waals surface area contributed by atoms with Crippen LogP contribution < -0.4 is 5.32 Å². The molecule has 114 valence electrons. The van der Waals surface area contributed by atoms with E-state index < -0.39 is 0 Å². The number of hydrogen-bond acceptors (Lipinski definition) is 2. The molecule has 2 heterocycles. The lowest BCUT2D eigenvalue weighted by Gasteiger charge is -2.24. The van der Waals surface area contributed by atoms with E-state index in [0.717, 1.165) is 16.5 Å². The molecule has 1 saturated carbocycles. The molecule has 0 aromatic carbocycles. The molecule has 0 radical (unpaired) electrons. The van der Waals surface area contributed by atoms with E-state index in [4.69, 9.17) is 4.98 Å². The predicted octanol–water partition coefficient (Wildman–Crippen LogP) is 5.04. The molecule has 2 aromatic heterocycles. The van der Waals surface area contributed by atoms with Gasteiger partial charge in [0.2, 0.25) is 0 Å². The highest BCUT2D eigenvalue weighted by molar-refractivity contribution is 9.10. The van der Waals surface area contributed by atoms with Gasteiger partial charge in [0, 0.05) is 16.7 Å². The molecule has 0 unspecified atom stereocenters. The molecule has 0 amide bonds. The van der Waals surface area contributed by atoms with Crippen molar-refractivity contribution >= 4 is 27.4 Å². The van der Waals surface area contributed by atoms with E-state index >= 15 is 0 Å². The summed E-state index contributed by atoms with van der Waals surface area (Å²) in [5.41, 5.74) is 2.24. The number of anilines is 1. The van der Waals surface area contributed by atoms with Crippen LogP contribution in [0.1, 0.15) is 51.6 Å². The van der Waals surface area contributed by atoms with Gasteiger partial charge in [-0.2, -0.15) is 0 Å². The van der Waals surface area contributed by atoms with Crippen LogP contribution in [-0.4, -0.2) is 15.4 Å². The van der Waals surface area contributed by atoms with Crippen molar-refractivity contribution < 1.29 is 0 Å². The van der Waals surface area contributed by atoms with E-state index in [2.05, 4.69) is 57.8 Å². The third-order valence-electron chi connectivity index (χ3n) is 4.20. The predicted molar refractivity (Wildman–Crippen MR) is 91.9 cm³/mol. The van der Waals surface area contributed by atoms with Crippen LogP contribution in [-0.2, 0) is 6.42 Å². The van der Waals surface area contributed by atoms with Gasteiger partial charge in [0.25, 0.3) is 0 Å². The maximum atomic E-state index is 4.84. The van der Waals surface area contributed by atoms with Gasteiger partial charge in [0.05, 0.1) is 5.69 Å². The molecule has 1 fully saturated rings. The molecule has 1 N–H and O–H groups in total. The zero-order valence-electron chi connectivity index (χ0n) is 12.9. The highest BCUT2D eigenvalue weighted by Crippen LogP contribution is 2.27. The minimum Gasteiger partial charge on any atom is -0.367 e. The van der Waals surface area contributed by atoms with Crippen molar-refractivity contribution in [2.45, 2.75) is 58.4 Å². The van der Waals surface area contributed by atoms with Gasteiger partial charge in [-0.05, 0) is 53.2 Å². The normalized spacial score (nSPS) is 16.8. The van der Waals surface area contributed by atoms with Crippen LogP contribution in [0.15, 0.2) is 22.8 Å². The minimum absolute atomic E-state index is 0.601. The molecule has 0 saturated heterocycles. The van der Waals surface area contributed by atoms with Gasteiger partial charge in [-0.3, -0.25) is 4.40 Å². The molecule has 0 bridgehead atoms. The highest BCUT2D eigenvalue weighted by Gasteiger charge is 2.19. The van der Waals surface area contributed by atoms with Crippen molar-refractivity contribution in [3.05, 3.63) is 28.5 Å². The summed E-state index contributed by atoms with van der Waals surface area (Å²) in [4.78, 5) is 4.84. The summed E-state index contributed by atoms with van der Waals surface area (Å²) in [6, 6.07) is 4.75. The van der Waals surface area contributed by atoms with Crippen molar-refractivity contribution in [3.8, 4) is 0 Å². The van der Waals surface area contributed by atoms with E-state index in [1.807, 2.05) is 0 Å². The molecule has 0 aliphatic heterocycles. The fourth-order valence-corrected chi connectivity index (χ4v) is 3.53. The third kappa shape index (κ3) is 3.42. The molecule has 0 spiro atoms. The largest absolute Gasteiger partial charge is 0.367 e. The topological polar surface area (TPSA) is 29.3 Å². The first-order chi connectivity index (χ1) is 10.1. The lowest BCUT2D eigenvalue weighted by Crippen LogP contribution is -2.23. The zero-order chi connectivity index (χ0) is 14.8. The van der Waals surface area contributed by atoms with Crippen LogP contribution in [0.2, 0.25) is 0 Å². The summed E-state index contributed by atoms with van der Waals surface area (Å²) in [5.74, 6) is 1.82. The number of pyridine rings is 1. The van der Waals surface area contributed by atoms with Crippen molar-refractivity contribution in [3.63, 3.8) is 0 Å². The number of nitrogens with zero attached hydrogens (tertiary/aromatic N) is 2. The third-order valence-corrected chi connectivity index (χ3v) is 4.67. The number of fused-ring (bicyclic) bond motifs is 1. The number of imidazole rings is 1. The monoisotopic (exact) mass is 349 g/mol. The van der Waals surface area contributed by atoms with E-state index in [0.29, 0.717) is 12.0 Å². The van der Waals surface area contributed by atoms with Crippen molar-refractivity contribution in [2.75, 3.05) is 5.32 Å². The summed E-state index contributed by atoms with van der Waals surface area (Å²) in [5, 5.41) is 3.78. The summed E-state index contributed by atoms with van der Waals surface area (Å²) >= 11 is 3.58. The number of rotatable bonds is 4. The Labute approximate surface area is 135 Å². The van der Waals surface area contributed by atoms with Crippen LogP contribution in [0.4, 0.5) is 5.82 Å². The Kier molecular flexibility index (Phi) is 4.53. The summed E-state index contributed by atoms with van der Waals surface area (Å²) in [7, 11) is 0. The fourth-order valence-electron chi connectivity index (χ4n) is 3.19. The van der Waals surface area contributed by atoms with Gasteiger partial charge in [-0.25, -0.2) is 4.98 Å². The van der Waals surface area contributed by atoms with E-state index in [-0.39, 0.29) is 0 Å². The summed E-state index contributed by atoms with van der Waals surface area (Å²) in [6.45, 7) is 4.51. The van der Waals surface area contributed by atoms with Crippen molar-refractivity contribution in [2.24, 2.45) is 5.92 Å². The number of nitrogens with one attached hydrogen (secondary N) is 1. The first-order valence-electron chi connectivity index (χ1n) is 8.06. The molecule has 3 rings (SSSR count). The van der Waals surface area contributed by atoms with Gasteiger partial charge in [-0.15, -0.1) is 0 Å². The quantitative estimate of drug-likeness (QED) is 0.837. The van der Waals surface area contributed by atoms with E-state index in [1.165, 1.54) is 43.6 Å². The first kappa shape index (κ1) is 14.9. The van der Waals surface area contributed by atoms with Crippen LogP contribution in [0.3, 0.4) is 0 Å². The SMILES string of the molecule is CC(C)Cc1nc2ccc(Br)cn2c1NC1CCCCC1. The van der Waals surface area contributed by atoms with E-state index in [9.17, 15) is 0 Å². The smallest absolute Gasteiger partial charge is 0.138 e. The Morgan fingerprint density at radius 1 is 1.29 bits per heavy atom. The second-order valence-corrected chi connectivity index (χ2v) is 7.48. The Bertz CT molecular complexity index is 612. The van der Waals surface area contributed by atoms with Crippen LogP contribution in [0.25, 0.3) is 5.65 Å².